The molecule has 0 unspecified atom stereocenters. The van der Waals surface area contributed by atoms with E-state index in [0.29, 0.717) is 0 Å². The van der Waals surface area contributed by atoms with E-state index in [9.17, 15) is 9.59 Å². The molecule has 0 aromatic carbocycles. The number of carboxylic acid groups (broad SMARTS) is 1. The van der Waals surface area contributed by atoms with E-state index in [1.807, 2.05) is 0 Å². The molecule has 0 saturated carbocycles. The van der Waals surface area contributed by atoms with Crippen molar-refractivity contribution in [1.29, 1.82) is 0 Å². The van der Waals surface area contributed by atoms with E-state index in [4.69, 9.17) is 5.11 Å². The van der Waals surface area contributed by atoms with Crippen molar-refractivity contribution in [2.75, 3.05) is 0 Å². The molecule has 4 heteroatoms. The van der Waals surface area contributed by atoms with E-state index in [1.54, 1.807) is 0 Å². The molecule has 41 valence electrons. The average Bonchev–Trinajstić information content (AvgIpc) is 1.61. The van der Waals surface area contributed by atoms with E-state index < -0.39 is 5.97 Å². The van der Waals surface area contributed by atoms with Gasteiger partial charge in [-0.05, 0) is 0 Å². The molecule has 0 atom stereocenters. The van der Waals surface area contributed by atoms with Crippen LogP contribution in [0, 0.1) is 0 Å². The van der Waals surface area contributed by atoms with Gasteiger partial charge in [0.25, 0.3) is 0 Å². The second-order valence-corrected chi connectivity index (χ2v) is 1.04. The van der Waals surface area contributed by atoms with Gasteiger partial charge in [0.05, 0.1) is 6.42 Å². The number of aliphatic carboxylic acids is 1. The van der Waals surface area contributed by atoms with Gasteiger partial charge in [-0.15, -0.1) is 0 Å². The predicted molar refractivity (Wildman–Crippen MR) is 29.7 cm³/mol. The van der Waals surface area contributed by atoms with Gasteiger partial charge >= 0.3 is 35.5 Å². The first kappa shape index (κ1) is 11.0. The Morgan fingerprint density at radius 2 is 2.12 bits per heavy atom. The van der Waals surface area contributed by atoms with Crippen LogP contribution in [0.25, 0.3) is 0 Å². The van der Waals surface area contributed by atoms with E-state index in [-0.39, 0.29) is 42.4 Å². The molecule has 8 heavy (non-hydrogen) atoms. The topological polar surface area (TPSA) is 54.4 Å². The van der Waals surface area contributed by atoms with Gasteiger partial charge in [0.15, 0.2) is 6.29 Å². The van der Waals surface area contributed by atoms with Gasteiger partial charge in [-0.1, -0.05) is 0 Å². The standard InChI is InChI=1S/C4H5O3.Na.H/c5-3-1-2-4(6)7;;/h1-2H2,(H,6,7);;. The first-order chi connectivity index (χ1) is 3.27. The van der Waals surface area contributed by atoms with Gasteiger partial charge in [0.2, 0.25) is 0 Å². The van der Waals surface area contributed by atoms with Crippen LogP contribution in [-0.4, -0.2) is 46.9 Å². The zero-order valence-electron chi connectivity index (χ0n) is 3.68. The van der Waals surface area contributed by atoms with Crippen LogP contribution in [0.15, 0.2) is 0 Å². The fraction of sp³-hybridized carbons (Fsp3) is 0.500. The normalized spacial score (nSPS) is 7.00. The maximum atomic E-state index is 9.58. The molecule has 0 bridgehead atoms. The van der Waals surface area contributed by atoms with Crippen molar-refractivity contribution < 1.29 is 14.7 Å². The van der Waals surface area contributed by atoms with Crippen LogP contribution in [0.2, 0.25) is 0 Å². The van der Waals surface area contributed by atoms with Gasteiger partial charge in [-0.2, -0.15) is 0 Å². The summed E-state index contributed by atoms with van der Waals surface area (Å²) in [5, 5.41) is 7.87. The van der Waals surface area contributed by atoms with Gasteiger partial charge in [-0.3, -0.25) is 9.59 Å². The summed E-state index contributed by atoms with van der Waals surface area (Å²) in [7, 11) is 0. The summed E-state index contributed by atoms with van der Waals surface area (Å²) in [5.74, 6) is -0.955. The summed E-state index contributed by atoms with van der Waals surface area (Å²) in [5.41, 5.74) is 0. The average molecular weight is 125 g/mol. The third-order valence-electron chi connectivity index (χ3n) is 0.441. The van der Waals surface area contributed by atoms with Gasteiger partial charge in [-0.25, -0.2) is 0 Å². The molecule has 1 radical (unpaired) electrons. The minimum atomic E-state index is -0.955. The third kappa shape index (κ3) is 9.46. The fourth-order valence-electron chi connectivity index (χ4n) is 0.158. The van der Waals surface area contributed by atoms with Crippen molar-refractivity contribution in [2.24, 2.45) is 0 Å². The van der Waals surface area contributed by atoms with E-state index in [0.717, 1.165) is 0 Å². The van der Waals surface area contributed by atoms with Crippen molar-refractivity contribution in [3.05, 3.63) is 0 Å². The van der Waals surface area contributed by atoms with Crippen LogP contribution >= 0.6 is 0 Å². The molecule has 1 N–H and O–H groups in total. The molecule has 0 amide bonds. The SMILES string of the molecule is O=[C]CCC(=O)O.[NaH]. The Morgan fingerprint density at radius 3 is 2.25 bits per heavy atom. The Kier molecular flexibility index (Phi) is 9.82. The van der Waals surface area contributed by atoms with Gasteiger partial charge in [0, 0.05) is 6.42 Å². The molecule has 0 aliphatic carbocycles. The van der Waals surface area contributed by atoms with Crippen LogP contribution in [0.4, 0.5) is 0 Å². The summed E-state index contributed by atoms with van der Waals surface area (Å²) in [4.78, 5) is 18.9. The molecule has 0 aromatic rings. The second kappa shape index (κ2) is 7.14. The van der Waals surface area contributed by atoms with Gasteiger partial charge < -0.3 is 5.11 Å². The summed E-state index contributed by atoms with van der Waals surface area (Å²) >= 11 is 0. The Balaban J connectivity index is 0. The number of rotatable bonds is 3. The zero-order chi connectivity index (χ0) is 5.70. The number of carboxylic acids is 1. The van der Waals surface area contributed by atoms with Crippen molar-refractivity contribution in [2.45, 2.75) is 12.8 Å². The molecule has 0 fully saturated rings. The number of carbonyl (C=O) groups excluding carboxylic acids is 1. The molecule has 0 spiro atoms. The first-order valence-corrected chi connectivity index (χ1v) is 1.84. The summed E-state index contributed by atoms with van der Waals surface area (Å²) in [6.07, 6.45) is 1.36. The number of carbonyl (C=O) groups is 1. The van der Waals surface area contributed by atoms with Gasteiger partial charge in [0.1, 0.15) is 0 Å². The Morgan fingerprint density at radius 1 is 1.62 bits per heavy atom. The molecule has 0 aliphatic heterocycles. The molecule has 0 aliphatic rings. The summed E-state index contributed by atoms with van der Waals surface area (Å²) in [6.45, 7) is 0. The van der Waals surface area contributed by atoms with Crippen LogP contribution in [0.3, 0.4) is 0 Å². The second-order valence-electron chi connectivity index (χ2n) is 1.04. The Bertz CT molecular complexity index is 81.4. The summed E-state index contributed by atoms with van der Waals surface area (Å²) < 4.78 is 0. The zero-order valence-corrected chi connectivity index (χ0v) is 3.68. The molecular weight excluding hydrogens is 119 g/mol. The van der Waals surface area contributed by atoms with Crippen LogP contribution in [-0.2, 0) is 9.59 Å². The van der Waals surface area contributed by atoms with E-state index >= 15 is 0 Å². The Labute approximate surface area is 69.4 Å². The van der Waals surface area contributed by atoms with Crippen LogP contribution in [0.5, 0.6) is 0 Å². The number of hydrogen-bond donors (Lipinski definition) is 1. The van der Waals surface area contributed by atoms with E-state index in [2.05, 4.69) is 0 Å². The van der Waals surface area contributed by atoms with Crippen LogP contribution in [0.1, 0.15) is 12.8 Å². The number of hydrogen-bond acceptors (Lipinski definition) is 2. The molecule has 0 aromatic heterocycles. The molecular formula is C4H6NaO3. The van der Waals surface area contributed by atoms with Crippen molar-refractivity contribution in [3.8, 4) is 0 Å². The minimum absolute atomic E-state index is 0. The maximum absolute atomic E-state index is 9.58. The van der Waals surface area contributed by atoms with E-state index in [1.165, 1.54) is 6.29 Å². The predicted octanol–water partition coefficient (Wildman–Crippen LogP) is -0.688. The Hall–Kier alpha value is 0.140. The monoisotopic (exact) mass is 125 g/mol. The molecule has 0 saturated heterocycles. The molecule has 0 heterocycles. The molecule has 0 rings (SSSR count). The van der Waals surface area contributed by atoms with Crippen molar-refractivity contribution in [1.82, 2.24) is 0 Å². The third-order valence-corrected chi connectivity index (χ3v) is 0.441. The first-order valence-electron chi connectivity index (χ1n) is 1.84. The quantitative estimate of drug-likeness (QED) is 0.508. The van der Waals surface area contributed by atoms with Crippen molar-refractivity contribution in [3.63, 3.8) is 0 Å². The summed E-state index contributed by atoms with van der Waals surface area (Å²) in [6, 6.07) is 0. The van der Waals surface area contributed by atoms with Crippen LogP contribution < -0.4 is 0 Å². The van der Waals surface area contributed by atoms with Crippen molar-refractivity contribution >= 4 is 41.8 Å². The fourth-order valence-corrected chi connectivity index (χ4v) is 0.158. The molecule has 3 nitrogen and oxygen atoms in total.